The van der Waals surface area contributed by atoms with Gasteiger partial charge in [-0.05, 0) is 90.7 Å². The summed E-state index contributed by atoms with van der Waals surface area (Å²) in [4.78, 5) is 29.9. The molecule has 0 aromatic heterocycles. The van der Waals surface area contributed by atoms with Crippen molar-refractivity contribution in [2.24, 2.45) is 0 Å². The Bertz CT molecular complexity index is 1180. The van der Waals surface area contributed by atoms with Gasteiger partial charge in [0, 0.05) is 33.1 Å². The van der Waals surface area contributed by atoms with Gasteiger partial charge in [-0.25, -0.2) is 0 Å². The monoisotopic (exact) mass is 713 g/mol. The lowest BCUT2D eigenvalue weighted by atomic mass is 9.78. The molecule has 38 heavy (non-hydrogen) atoms. The standard InChI is InChI=1S/C27H32Cl4IN3O3/c1-17(37)34(3)20-8-11-35(12-9-20)13-10-26(2,18-4-6-21(28)23(30)14-18)25(38)33-27(32,16-36)19-5-7-22(29)24(31)15-19/h4-7,14-15,20,36H,8-13,16H2,1-3H3,(H,33,38). The molecule has 2 atom stereocenters. The molecule has 2 amide bonds. The number of piperidine rings is 1. The molecule has 1 fully saturated rings. The number of nitrogens with zero attached hydrogens (tertiary/aromatic N) is 2. The minimum atomic E-state index is -1.13. The van der Waals surface area contributed by atoms with E-state index in [1.807, 2.05) is 47.5 Å². The Kier molecular flexibility index (Phi) is 11.0. The Morgan fingerprint density at radius 2 is 1.55 bits per heavy atom. The van der Waals surface area contributed by atoms with Crippen LogP contribution in [0, 0.1) is 0 Å². The number of amides is 2. The van der Waals surface area contributed by atoms with Gasteiger partial charge in [0.1, 0.15) is 3.55 Å². The van der Waals surface area contributed by atoms with Gasteiger partial charge in [-0.1, -0.05) is 58.5 Å². The van der Waals surface area contributed by atoms with Crippen LogP contribution in [0.15, 0.2) is 36.4 Å². The van der Waals surface area contributed by atoms with Gasteiger partial charge in [0.05, 0.1) is 32.1 Å². The molecule has 1 saturated heterocycles. The van der Waals surface area contributed by atoms with E-state index < -0.39 is 8.96 Å². The summed E-state index contributed by atoms with van der Waals surface area (Å²) in [6, 6.07) is 10.5. The van der Waals surface area contributed by atoms with Gasteiger partial charge in [0.15, 0.2) is 0 Å². The average molecular weight is 715 g/mol. The largest absolute Gasteiger partial charge is 0.393 e. The summed E-state index contributed by atoms with van der Waals surface area (Å²) in [7, 11) is 1.85. The van der Waals surface area contributed by atoms with Gasteiger partial charge in [0.25, 0.3) is 0 Å². The molecule has 0 bridgehead atoms. The normalized spacial score (nSPS) is 17.9. The third kappa shape index (κ3) is 7.28. The third-order valence-electron chi connectivity index (χ3n) is 7.49. The number of alkyl halides is 1. The van der Waals surface area contributed by atoms with Crippen molar-refractivity contribution < 1.29 is 14.7 Å². The van der Waals surface area contributed by atoms with Crippen LogP contribution < -0.4 is 5.32 Å². The first kappa shape index (κ1) is 31.7. The molecule has 208 valence electrons. The quantitative estimate of drug-likeness (QED) is 0.182. The Morgan fingerprint density at radius 3 is 2.05 bits per heavy atom. The molecule has 0 radical (unpaired) electrons. The number of hydrogen-bond donors (Lipinski definition) is 2. The van der Waals surface area contributed by atoms with Crippen LogP contribution in [-0.2, 0) is 18.5 Å². The predicted molar refractivity (Wildman–Crippen MR) is 164 cm³/mol. The molecule has 0 spiro atoms. The number of nitrogens with one attached hydrogen (secondary N) is 1. The number of likely N-dealkylation sites (tertiary alicyclic amines) is 1. The number of benzene rings is 2. The van der Waals surface area contributed by atoms with Crippen LogP contribution in [-0.4, -0.2) is 66.1 Å². The minimum Gasteiger partial charge on any atom is -0.393 e. The van der Waals surface area contributed by atoms with Crippen LogP contribution in [0.2, 0.25) is 20.1 Å². The van der Waals surface area contributed by atoms with Crippen LogP contribution in [0.1, 0.15) is 44.2 Å². The summed E-state index contributed by atoms with van der Waals surface area (Å²) in [6.07, 6.45) is 2.26. The number of aliphatic hydroxyl groups is 1. The molecule has 0 saturated carbocycles. The summed E-state index contributed by atoms with van der Waals surface area (Å²) in [5, 5.41) is 14.9. The second-order valence-electron chi connectivity index (χ2n) is 9.96. The highest BCUT2D eigenvalue weighted by atomic mass is 127. The molecule has 2 aromatic rings. The Balaban J connectivity index is 1.84. The van der Waals surface area contributed by atoms with Gasteiger partial charge >= 0.3 is 0 Å². The molecule has 11 heteroatoms. The van der Waals surface area contributed by atoms with E-state index in [9.17, 15) is 14.7 Å². The number of halogens is 5. The predicted octanol–water partition coefficient (Wildman–Crippen LogP) is 6.29. The summed E-state index contributed by atoms with van der Waals surface area (Å²) < 4.78 is -1.13. The average Bonchev–Trinajstić information content (AvgIpc) is 2.89. The topological polar surface area (TPSA) is 72.9 Å². The molecule has 1 aliphatic rings. The highest BCUT2D eigenvalue weighted by Gasteiger charge is 2.41. The van der Waals surface area contributed by atoms with Gasteiger partial charge in [0.2, 0.25) is 11.8 Å². The Hall–Kier alpha value is -0.810. The molecule has 2 N–H and O–H groups in total. The van der Waals surface area contributed by atoms with Crippen LogP contribution in [0.3, 0.4) is 0 Å². The number of aliphatic hydroxyl groups excluding tert-OH is 1. The van der Waals surface area contributed by atoms with Crippen LogP contribution in [0.5, 0.6) is 0 Å². The summed E-state index contributed by atoms with van der Waals surface area (Å²) in [5.74, 6) is -0.197. The zero-order valence-corrected chi connectivity index (χ0v) is 26.7. The van der Waals surface area contributed by atoms with Crippen molar-refractivity contribution in [2.75, 3.05) is 33.3 Å². The lowest BCUT2D eigenvalue weighted by Gasteiger charge is -2.39. The third-order valence-corrected chi connectivity index (χ3v) is 10.2. The van der Waals surface area contributed by atoms with Gasteiger partial charge in [-0.2, -0.15) is 0 Å². The first-order valence-electron chi connectivity index (χ1n) is 12.3. The maximum absolute atomic E-state index is 14.0. The molecular weight excluding hydrogens is 683 g/mol. The molecule has 1 heterocycles. The Labute approximate surface area is 258 Å². The SMILES string of the molecule is CC(=O)N(C)C1CCN(CCC(C)(C(=O)NC(I)(CO)c2ccc(Cl)c(Cl)c2)c2ccc(Cl)c(Cl)c2)CC1. The summed E-state index contributed by atoms with van der Waals surface area (Å²) in [6.45, 7) is 5.44. The number of carbonyl (C=O) groups is 2. The highest BCUT2D eigenvalue weighted by Crippen LogP contribution is 2.38. The van der Waals surface area contributed by atoms with E-state index in [-0.39, 0.29) is 24.5 Å². The number of carbonyl (C=O) groups excluding carboxylic acids is 2. The van der Waals surface area contributed by atoms with E-state index in [0.29, 0.717) is 38.6 Å². The Morgan fingerprint density at radius 1 is 1.03 bits per heavy atom. The van der Waals surface area contributed by atoms with Gasteiger partial charge < -0.3 is 20.2 Å². The zero-order chi connectivity index (χ0) is 28.3. The van der Waals surface area contributed by atoms with Crippen molar-refractivity contribution in [1.82, 2.24) is 15.1 Å². The lowest BCUT2D eigenvalue weighted by molar-refractivity contribution is -0.131. The van der Waals surface area contributed by atoms with E-state index in [0.717, 1.165) is 31.5 Å². The fourth-order valence-corrected chi connectivity index (χ4v) is 5.84. The minimum absolute atomic E-state index is 0.0699. The van der Waals surface area contributed by atoms with E-state index in [2.05, 4.69) is 10.2 Å². The highest BCUT2D eigenvalue weighted by molar-refractivity contribution is 14.1. The van der Waals surface area contributed by atoms with Crippen molar-refractivity contribution in [3.63, 3.8) is 0 Å². The second-order valence-corrected chi connectivity index (χ2v) is 13.4. The van der Waals surface area contributed by atoms with E-state index >= 15 is 0 Å². The van der Waals surface area contributed by atoms with Crippen LogP contribution in [0.25, 0.3) is 0 Å². The number of rotatable bonds is 9. The van der Waals surface area contributed by atoms with Crippen LogP contribution >= 0.6 is 69.0 Å². The van der Waals surface area contributed by atoms with E-state index in [1.165, 1.54) is 0 Å². The molecule has 0 aliphatic carbocycles. The van der Waals surface area contributed by atoms with E-state index in [4.69, 9.17) is 46.4 Å². The first-order valence-corrected chi connectivity index (χ1v) is 14.9. The van der Waals surface area contributed by atoms with Crippen molar-refractivity contribution >= 4 is 80.8 Å². The van der Waals surface area contributed by atoms with Gasteiger partial charge in [-0.15, -0.1) is 0 Å². The van der Waals surface area contributed by atoms with Gasteiger partial charge in [-0.3, -0.25) is 9.59 Å². The summed E-state index contributed by atoms with van der Waals surface area (Å²) >= 11 is 26.9. The molecule has 2 aromatic carbocycles. The van der Waals surface area contributed by atoms with Crippen molar-refractivity contribution in [2.45, 2.75) is 48.1 Å². The number of hydrogen-bond acceptors (Lipinski definition) is 4. The fraction of sp³-hybridized carbons (Fsp3) is 0.481. The molecular formula is C27H32Cl4IN3O3. The molecule has 2 unspecified atom stereocenters. The smallest absolute Gasteiger partial charge is 0.231 e. The van der Waals surface area contributed by atoms with Crippen molar-refractivity contribution in [1.29, 1.82) is 0 Å². The molecule has 6 nitrogen and oxygen atoms in total. The van der Waals surface area contributed by atoms with Crippen molar-refractivity contribution in [3.05, 3.63) is 67.6 Å². The molecule has 1 aliphatic heterocycles. The van der Waals surface area contributed by atoms with Crippen molar-refractivity contribution in [3.8, 4) is 0 Å². The second kappa shape index (κ2) is 13.2. The van der Waals surface area contributed by atoms with Crippen LogP contribution in [0.4, 0.5) is 0 Å². The summed E-state index contributed by atoms with van der Waals surface area (Å²) in [5.41, 5.74) is 0.362. The molecule has 3 rings (SSSR count). The maximum atomic E-state index is 14.0. The maximum Gasteiger partial charge on any atom is 0.231 e. The lowest BCUT2D eigenvalue weighted by Crippen LogP contribution is -2.52. The van der Waals surface area contributed by atoms with E-state index in [1.54, 1.807) is 37.3 Å². The first-order chi connectivity index (χ1) is 17.8. The zero-order valence-electron chi connectivity index (χ0n) is 21.5. The fourth-order valence-electron chi connectivity index (χ4n) is 4.66.